The quantitative estimate of drug-likeness (QED) is 0.793. The first-order valence-corrected chi connectivity index (χ1v) is 7.29. The van der Waals surface area contributed by atoms with Gasteiger partial charge in [-0.3, -0.25) is 4.79 Å². The van der Waals surface area contributed by atoms with E-state index in [0.29, 0.717) is 18.9 Å². The van der Waals surface area contributed by atoms with Crippen molar-refractivity contribution in [2.75, 3.05) is 13.1 Å². The highest BCUT2D eigenvalue weighted by atomic mass is 19.1. The first-order chi connectivity index (χ1) is 11.4. The number of likely N-dealkylation sites (tertiary alicyclic amines) is 1. The summed E-state index contributed by atoms with van der Waals surface area (Å²) < 4.78 is 31.1. The van der Waals surface area contributed by atoms with Gasteiger partial charge in [0.05, 0.1) is 12.0 Å². The minimum absolute atomic E-state index is 0.0214. The maximum Gasteiger partial charge on any atom is 0.512 e. The zero-order valence-electron chi connectivity index (χ0n) is 12.5. The molecule has 0 saturated carbocycles. The second-order valence-electron chi connectivity index (χ2n) is 5.72. The van der Waals surface area contributed by atoms with Crippen LogP contribution in [0.5, 0.6) is 0 Å². The lowest BCUT2D eigenvalue weighted by molar-refractivity contribution is -0.0568. The first-order valence-electron chi connectivity index (χ1n) is 7.29. The molecule has 24 heavy (non-hydrogen) atoms. The molecule has 0 aromatic heterocycles. The van der Waals surface area contributed by atoms with Crippen molar-refractivity contribution in [3.63, 3.8) is 0 Å². The number of hydrogen-bond donors (Lipinski definition) is 1. The van der Waals surface area contributed by atoms with E-state index in [0.717, 1.165) is 12.1 Å². The van der Waals surface area contributed by atoms with Crippen molar-refractivity contribution in [3.8, 4) is 0 Å². The summed E-state index contributed by atoms with van der Waals surface area (Å²) >= 11 is 0. The molecule has 1 aromatic rings. The zero-order valence-corrected chi connectivity index (χ0v) is 12.5. The Bertz CT molecular complexity index is 714. The molecule has 1 spiro atoms. The predicted octanol–water partition coefficient (Wildman–Crippen LogP) is 2.37. The van der Waals surface area contributed by atoms with Crippen molar-refractivity contribution in [1.82, 2.24) is 4.90 Å². The summed E-state index contributed by atoms with van der Waals surface area (Å²) in [6.45, 7) is 0.567. The van der Waals surface area contributed by atoms with Gasteiger partial charge >= 0.3 is 6.16 Å². The third-order valence-electron chi connectivity index (χ3n) is 4.14. The van der Waals surface area contributed by atoms with Crippen LogP contribution in [0.15, 0.2) is 23.4 Å². The van der Waals surface area contributed by atoms with Crippen LogP contribution in [0.4, 0.5) is 13.6 Å². The number of hydrogen-bond acceptors (Lipinski definition) is 5. The smallest absolute Gasteiger partial charge is 0.449 e. The van der Waals surface area contributed by atoms with Gasteiger partial charge in [0.25, 0.3) is 5.91 Å². The number of nitrogens with zero attached hydrogens (tertiary/aromatic N) is 2. The number of carbonyl (C=O) groups excluding carboxylic acids is 1. The molecular formula is C15H14F2N2O5. The Hall–Kier alpha value is -2.71. The fourth-order valence-electron chi connectivity index (χ4n) is 2.86. The van der Waals surface area contributed by atoms with E-state index in [1.807, 2.05) is 0 Å². The third kappa shape index (κ3) is 3.15. The highest BCUT2D eigenvalue weighted by Gasteiger charge is 2.44. The minimum Gasteiger partial charge on any atom is -0.449 e. The Labute approximate surface area is 135 Å². The normalized spacial score (nSPS) is 18.9. The van der Waals surface area contributed by atoms with Crippen molar-refractivity contribution in [2.24, 2.45) is 5.16 Å². The van der Waals surface area contributed by atoms with Crippen LogP contribution in [0, 0.1) is 11.6 Å². The van der Waals surface area contributed by atoms with Gasteiger partial charge in [0, 0.05) is 32.0 Å². The second kappa shape index (κ2) is 6.06. The summed E-state index contributed by atoms with van der Waals surface area (Å²) in [7, 11) is 0. The number of carbonyl (C=O) groups is 2. The average Bonchev–Trinajstić information content (AvgIpc) is 2.89. The molecule has 0 atom stereocenters. The molecule has 1 amide bonds. The summed E-state index contributed by atoms with van der Waals surface area (Å²) in [5.74, 6) is -2.20. The molecule has 0 unspecified atom stereocenters. The summed E-state index contributed by atoms with van der Waals surface area (Å²) in [6.07, 6.45) is -0.463. The molecule has 2 heterocycles. The number of amides is 1. The van der Waals surface area contributed by atoms with Crippen LogP contribution in [0.25, 0.3) is 0 Å². The monoisotopic (exact) mass is 340 g/mol. The maximum absolute atomic E-state index is 13.7. The molecule has 9 heteroatoms. The lowest BCUT2D eigenvalue weighted by Gasteiger charge is -2.36. The Morgan fingerprint density at radius 1 is 1.29 bits per heavy atom. The van der Waals surface area contributed by atoms with E-state index >= 15 is 0 Å². The van der Waals surface area contributed by atoms with Gasteiger partial charge in [0.1, 0.15) is 17.2 Å². The number of oxime groups is 1. The van der Waals surface area contributed by atoms with E-state index in [4.69, 9.17) is 9.94 Å². The predicted molar refractivity (Wildman–Crippen MR) is 76.5 cm³/mol. The minimum atomic E-state index is -1.46. The van der Waals surface area contributed by atoms with Gasteiger partial charge in [-0.15, -0.1) is 0 Å². The number of piperidine rings is 1. The van der Waals surface area contributed by atoms with Crippen LogP contribution in [0.3, 0.4) is 0 Å². The molecule has 1 saturated heterocycles. The van der Waals surface area contributed by atoms with Crippen molar-refractivity contribution >= 4 is 18.0 Å². The van der Waals surface area contributed by atoms with Gasteiger partial charge in [0.15, 0.2) is 0 Å². The van der Waals surface area contributed by atoms with Crippen LogP contribution in [-0.2, 0) is 9.57 Å². The van der Waals surface area contributed by atoms with Gasteiger partial charge in [-0.25, -0.2) is 13.6 Å². The van der Waals surface area contributed by atoms with E-state index in [2.05, 4.69) is 9.89 Å². The topological polar surface area (TPSA) is 88.4 Å². The third-order valence-corrected chi connectivity index (χ3v) is 4.14. The van der Waals surface area contributed by atoms with E-state index < -0.39 is 29.3 Å². The standard InChI is InChI=1S/C15H14F2N2O5/c16-9-1-2-10(11(17)7-9)13(20)19-5-3-15(4-6-19)8-12(18-24-15)23-14(21)22/h1-2,7H,3-6,8H2,(H,21,22). The molecule has 128 valence electrons. The van der Waals surface area contributed by atoms with Crippen LogP contribution in [0.1, 0.15) is 29.6 Å². The maximum atomic E-state index is 13.7. The van der Waals surface area contributed by atoms with Gasteiger partial charge in [-0.05, 0) is 12.1 Å². The Balaban J connectivity index is 1.61. The van der Waals surface area contributed by atoms with E-state index in [1.165, 1.54) is 4.90 Å². The van der Waals surface area contributed by atoms with Gasteiger partial charge in [-0.2, -0.15) is 0 Å². The lowest BCUT2D eigenvalue weighted by atomic mass is 9.88. The molecule has 3 rings (SSSR count). The van der Waals surface area contributed by atoms with E-state index in [1.54, 1.807) is 0 Å². The second-order valence-corrected chi connectivity index (χ2v) is 5.72. The van der Waals surface area contributed by atoms with E-state index in [-0.39, 0.29) is 31.0 Å². The number of halogens is 2. The van der Waals surface area contributed by atoms with Gasteiger partial charge < -0.3 is 19.6 Å². The lowest BCUT2D eigenvalue weighted by Crippen LogP contribution is -2.47. The van der Waals surface area contributed by atoms with Gasteiger partial charge in [0.2, 0.25) is 5.90 Å². The average molecular weight is 340 g/mol. The number of carboxylic acid groups (broad SMARTS) is 1. The highest BCUT2D eigenvalue weighted by Crippen LogP contribution is 2.35. The summed E-state index contributed by atoms with van der Waals surface area (Å²) in [5, 5.41) is 12.2. The number of rotatable bonds is 1. The van der Waals surface area contributed by atoms with E-state index in [9.17, 15) is 18.4 Å². The fraction of sp³-hybridized carbons (Fsp3) is 0.400. The van der Waals surface area contributed by atoms with Crippen molar-refractivity contribution in [3.05, 3.63) is 35.4 Å². The number of ether oxygens (including phenoxy) is 1. The van der Waals surface area contributed by atoms with Crippen LogP contribution >= 0.6 is 0 Å². The molecule has 1 fully saturated rings. The molecule has 2 aliphatic heterocycles. The first kappa shape index (κ1) is 16.2. The molecule has 1 aromatic carbocycles. The zero-order chi connectivity index (χ0) is 17.3. The SMILES string of the molecule is O=C(O)OC1=NOC2(CCN(C(=O)c3ccc(F)cc3F)CC2)C1. The Kier molecular flexibility index (Phi) is 4.08. The summed E-state index contributed by atoms with van der Waals surface area (Å²) in [4.78, 5) is 29.6. The molecule has 0 bridgehead atoms. The van der Waals surface area contributed by atoms with Crippen molar-refractivity contribution < 1.29 is 33.1 Å². The molecule has 7 nitrogen and oxygen atoms in total. The van der Waals surface area contributed by atoms with Crippen LogP contribution < -0.4 is 0 Å². The summed E-state index contributed by atoms with van der Waals surface area (Å²) in [6, 6.07) is 2.82. The molecule has 0 aliphatic carbocycles. The van der Waals surface area contributed by atoms with Gasteiger partial charge in [-0.1, -0.05) is 5.16 Å². The molecular weight excluding hydrogens is 326 g/mol. The number of benzene rings is 1. The summed E-state index contributed by atoms with van der Waals surface area (Å²) in [5.41, 5.74) is -0.894. The van der Waals surface area contributed by atoms with Crippen molar-refractivity contribution in [1.29, 1.82) is 0 Å². The Morgan fingerprint density at radius 3 is 2.62 bits per heavy atom. The molecule has 2 aliphatic rings. The largest absolute Gasteiger partial charge is 0.512 e. The Morgan fingerprint density at radius 2 is 2.00 bits per heavy atom. The molecule has 1 N–H and O–H groups in total. The highest BCUT2D eigenvalue weighted by molar-refractivity contribution is 5.94. The van der Waals surface area contributed by atoms with Crippen molar-refractivity contribution in [2.45, 2.75) is 24.9 Å². The van der Waals surface area contributed by atoms with Crippen LogP contribution in [-0.4, -0.2) is 46.7 Å². The van der Waals surface area contributed by atoms with Crippen LogP contribution in [0.2, 0.25) is 0 Å². The fourth-order valence-corrected chi connectivity index (χ4v) is 2.86. The molecule has 0 radical (unpaired) electrons.